The van der Waals surface area contributed by atoms with E-state index in [9.17, 15) is 5.11 Å². The van der Waals surface area contributed by atoms with Gasteiger partial charge in [-0.2, -0.15) is 4.98 Å². The minimum absolute atomic E-state index is 0.265. The molecule has 0 aliphatic carbocycles. The highest BCUT2D eigenvalue weighted by atomic mass is 16.5. The van der Waals surface area contributed by atoms with E-state index in [1.165, 1.54) is 0 Å². The van der Waals surface area contributed by atoms with Crippen molar-refractivity contribution < 1.29 is 9.63 Å². The second-order valence-electron chi connectivity index (χ2n) is 4.12. The minimum atomic E-state index is -1.03. The highest BCUT2D eigenvalue weighted by Gasteiger charge is 2.38. The molecule has 2 aromatic heterocycles. The van der Waals surface area contributed by atoms with Gasteiger partial charge in [0.05, 0.1) is 0 Å². The molecule has 0 bridgehead atoms. The maximum atomic E-state index is 10.2. The molecule has 2 aromatic rings. The number of β-amino-alcohol motifs (C(OH)–C–C–N with tert-alkyl or cyclic N) is 1. The molecule has 0 spiro atoms. The summed E-state index contributed by atoms with van der Waals surface area (Å²) in [6.07, 6.45) is 3.92. The van der Waals surface area contributed by atoms with Crippen molar-refractivity contribution >= 4 is 0 Å². The van der Waals surface area contributed by atoms with E-state index in [4.69, 9.17) is 4.52 Å². The lowest BCUT2D eigenvalue weighted by molar-refractivity contribution is 0.0243. The molecule has 0 aromatic carbocycles. The van der Waals surface area contributed by atoms with Gasteiger partial charge in [-0.1, -0.05) is 5.16 Å². The van der Waals surface area contributed by atoms with Gasteiger partial charge in [-0.3, -0.25) is 4.98 Å². The van der Waals surface area contributed by atoms with Crippen LogP contribution < -0.4 is 5.32 Å². The fraction of sp³-hybridized carbons (Fsp3) is 0.364. The lowest BCUT2D eigenvalue weighted by atomic mass is 10.0. The number of hydrogen-bond acceptors (Lipinski definition) is 6. The zero-order chi connectivity index (χ0) is 11.7. The minimum Gasteiger partial charge on any atom is -0.379 e. The molecule has 3 heterocycles. The second kappa shape index (κ2) is 3.90. The van der Waals surface area contributed by atoms with Crippen molar-refractivity contribution in [3.8, 4) is 11.4 Å². The summed E-state index contributed by atoms with van der Waals surface area (Å²) in [6.45, 7) is 1.20. The largest absolute Gasteiger partial charge is 0.379 e. The Morgan fingerprint density at radius 2 is 2.41 bits per heavy atom. The quantitative estimate of drug-likeness (QED) is 0.775. The van der Waals surface area contributed by atoms with Gasteiger partial charge in [0.1, 0.15) is 0 Å². The van der Waals surface area contributed by atoms with Crippen molar-refractivity contribution in [2.45, 2.75) is 12.0 Å². The third-order valence-corrected chi connectivity index (χ3v) is 2.88. The Morgan fingerprint density at radius 1 is 1.47 bits per heavy atom. The molecule has 1 atom stereocenters. The number of rotatable bonds is 2. The fourth-order valence-electron chi connectivity index (χ4n) is 1.89. The van der Waals surface area contributed by atoms with E-state index in [1.54, 1.807) is 18.5 Å². The Labute approximate surface area is 97.7 Å². The maximum absolute atomic E-state index is 10.2. The van der Waals surface area contributed by atoms with Gasteiger partial charge in [0.15, 0.2) is 5.60 Å². The smallest absolute Gasteiger partial charge is 0.260 e. The van der Waals surface area contributed by atoms with Crippen LogP contribution in [0.1, 0.15) is 12.3 Å². The van der Waals surface area contributed by atoms with Crippen molar-refractivity contribution in [2.24, 2.45) is 0 Å². The molecule has 0 radical (unpaired) electrons. The van der Waals surface area contributed by atoms with Crippen LogP contribution in [0.5, 0.6) is 0 Å². The van der Waals surface area contributed by atoms with E-state index in [-0.39, 0.29) is 5.89 Å². The van der Waals surface area contributed by atoms with Gasteiger partial charge in [0.2, 0.25) is 5.82 Å². The van der Waals surface area contributed by atoms with Gasteiger partial charge in [-0.05, 0) is 25.1 Å². The first-order chi connectivity index (χ1) is 8.28. The standard InChI is InChI=1S/C11H12N4O2/c16-11(3-5-13-7-11)10-14-9(15-17-10)8-2-1-4-12-6-8/h1-2,4,6,13,16H,3,5,7H2. The summed E-state index contributed by atoms with van der Waals surface area (Å²) < 4.78 is 5.13. The molecule has 1 unspecified atom stereocenters. The molecule has 6 nitrogen and oxygen atoms in total. The van der Waals surface area contributed by atoms with E-state index in [0.29, 0.717) is 18.8 Å². The molecule has 88 valence electrons. The van der Waals surface area contributed by atoms with Crippen molar-refractivity contribution in [1.29, 1.82) is 0 Å². The summed E-state index contributed by atoms with van der Waals surface area (Å²) in [4.78, 5) is 8.22. The number of nitrogens with one attached hydrogen (secondary N) is 1. The molecule has 3 rings (SSSR count). The van der Waals surface area contributed by atoms with Gasteiger partial charge in [0, 0.05) is 24.5 Å². The summed E-state index contributed by atoms with van der Waals surface area (Å²) >= 11 is 0. The molecule has 0 saturated carbocycles. The Bertz CT molecular complexity index is 505. The Morgan fingerprint density at radius 3 is 3.12 bits per heavy atom. The Kier molecular flexibility index (Phi) is 2.38. The number of nitrogens with zero attached hydrogens (tertiary/aromatic N) is 3. The van der Waals surface area contributed by atoms with Gasteiger partial charge in [0.25, 0.3) is 5.89 Å². The van der Waals surface area contributed by atoms with Crippen molar-refractivity contribution in [2.75, 3.05) is 13.1 Å². The van der Waals surface area contributed by atoms with Gasteiger partial charge in [-0.15, -0.1) is 0 Å². The van der Waals surface area contributed by atoms with Crippen molar-refractivity contribution in [3.05, 3.63) is 30.4 Å². The van der Waals surface area contributed by atoms with Crippen LogP contribution in [-0.2, 0) is 5.60 Å². The second-order valence-corrected chi connectivity index (χ2v) is 4.12. The van der Waals surface area contributed by atoms with Crippen LogP contribution in [-0.4, -0.2) is 33.3 Å². The highest BCUT2D eigenvalue weighted by molar-refractivity contribution is 5.52. The zero-order valence-corrected chi connectivity index (χ0v) is 9.13. The van der Waals surface area contributed by atoms with Crippen LogP contribution in [0.3, 0.4) is 0 Å². The van der Waals surface area contributed by atoms with Gasteiger partial charge < -0.3 is 14.9 Å². The molecule has 6 heteroatoms. The predicted octanol–water partition coefficient (Wildman–Crippen LogP) is 0.312. The maximum Gasteiger partial charge on any atom is 0.260 e. The summed E-state index contributed by atoms with van der Waals surface area (Å²) in [7, 11) is 0. The molecular formula is C11H12N4O2. The van der Waals surface area contributed by atoms with Gasteiger partial charge >= 0.3 is 0 Å². The number of hydrogen-bond donors (Lipinski definition) is 2. The van der Waals surface area contributed by atoms with E-state index < -0.39 is 5.60 Å². The molecule has 0 amide bonds. The number of aromatic nitrogens is 3. The first-order valence-electron chi connectivity index (χ1n) is 5.46. The summed E-state index contributed by atoms with van der Waals surface area (Å²) in [6, 6.07) is 3.65. The highest BCUT2D eigenvalue weighted by Crippen LogP contribution is 2.27. The average molecular weight is 232 g/mol. The zero-order valence-electron chi connectivity index (χ0n) is 9.13. The topological polar surface area (TPSA) is 84.1 Å². The van der Waals surface area contributed by atoms with E-state index in [0.717, 1.165) is 12.1 Å². The average Bonchev–Trinajstić information content (AvgIpc) is 2.99. The van der Waals surface area contributed by atoms with Crippen LogP contribution >= 0.6 is 0 Å². The number of aliphatic hydroxyl groups is 1. The molecule has 1 fully saturated rings. The van der Waals surface area contributed by atoms with Crippen LogP contribution in [0.15, 0.2) is 29.0 Å². The van der Waals surface area contributed by atoms with E-state index >= 15 is 0 Å². The van der Waals surface area contributed by atoms with E-state index in [2.05, 4.69) is 20.4 Å². The predicted molar refractivity (Wildman–Crippen MR) is 58.9 cm³/mol. The molecular weight excluding hydrogens is 220 g/mol. The lowest BCUT2D eigenvalue weighted by Crippen LogP contribution is -2.28. The molecule has 1 aliphatic heterocycles. The molecule has 1 saturated heterocycles. The van der Waals surface area contributed by atoms with Crippen molar-refractivity contribution in [3.63, 3.8) is 0 Å². The molecule has 1 aliphatic rings. The SMILES string of the molecule is OC1(c2nc(-c3cccnc3)no2)CCNC1. The van der Waals surface area contributed by atoms with Gasteiger partial charge in [-0.25, -0.2) is 0 Å². The Balaban J connectivity index is 1.93. The van der Waals surface area contributed by atoms with Crippen LogP contribution in [0.2, 0.25) is 0 Å². The van der Waals surface area contributed by atoms with Crippen LogP contribution in [0.4, 0.5) is 0 Å². The fourth-order valence-corrected chi connectivity index (χ4v) is 1.89. The monoisotopic (exact) mass is 232 g/mol. The summed E-state index contributed by atoms with van der Waals surface area (Å²) in [5, 5.41) is 17.2. The third kappa shape index (κ3) is 1.81. The Hall–Kier alpha value is -1.79. The summed E-state index contributed by atoms with van der Waals surface area (Å²) in [5.41, 5.74) is -0.259. The van der Waals surface area contributed by atoms with E-state index in [1.807, 2.05) is 6.07 Å². The number of pyridine rings is 1. The normalized spacial score (nSPS) is 24.1. The van der Waals surface area contributed by atoms with Crippen molar-refractivity contribution in [1.82, 2.24) is 20.4 Å². The molecule has 17 heavy (non-hydrogen) atoms. The lowest BCUT2D eigenvalue weighted by Gasteiger charge is -2.14. The molecule has 2 N–H and O–H groups in total. The third-order valence-electron chi connectivity index (χ3n) is 2.88. The summed E-state index contributed by atoms with van der Waals surface area (Å²) in [5.74, 6) is 0.717. The first kappa shape index (κ1) is 10.4. The van der Waals surface area contributed by atoms with Crippen LogP contribution in [0, 0.1) is 0 Å². The first-order valence-corrected chi connectivity index (χ1v) is 5.46. The van der Waals surface area contributed by atoms with Crippen LogP contribution in [0.25, 0.3) is 11.4 Å².